The summed E-state index contributed by atoms with van der Waals surface area (Å²) in [6.07, 6.45) is 4.82. The molecular formula is C18H26N4O3. The highest BCUT2D eigenvalue weighted by atomic mass is 16.5. The predicted octanol–water partition coefficient (Wildman–Crippen LogP) is 2.92. The van der Waals surface area contributed by atoms with Gasteiger partial charge in [0.2, 0.25) is 5.89 Å². The fraction of sp³-hybridized carbons (Fsp3) is 0.611. The molecular weight excluding hydrogens is 320 g/mol. The molecule has 1 saturated heterocycles. The molecule has 7 nitrogen and oxygen atoms in total. The van der Waals surface area contributed by atoms with Gasteiger partial charge in [0.05, 0.1) is 17.9 Å². The number of likely N-dealkylation sites (tertiary alicyclic amines) is 1. The number of carbonyl (C=O) groups is 1. The first kappa shape index (κ1) is 17.7. The zero-order chi connectivity index (χ0) is 18.0. The Balaban J connectivity index is 1.52. The van der Waals surface area contributed by atoms with Crippen LogP contribution in [-0.2, 0) is 5.41 Å². The van der Waals surface area contributed by atoms with Gasteiger partial charge in [0.25, 0.3) is 5.91 Å². The maximum absolute atomic E-state index is 12.3. The average molecular weight is 346 g/mol. The molecule has 0 aromatic carbocycles. The summed E-state index contributed by atoms with van der Waals surface area (Å²) in [6, 6.07) is 2.02. The topological polar surface area (TPSA) is 84.4 Å². The highest BCUT2D eigenvalue weighted by molar-refractivity contribution is 5.93. The van der Waals surface area contributed by atoms with Crippen LogP contribution in [0.2, 0.25) is 0 Å². The van der Waals surface area contributed by atoms with E-state index in [2.05, 4.69) is 36.2 Å². The lowest BCUT2D eigenvalue weighted by atomic mass is 9.96. The lowest BCUT2D eigenvalue weighted by Crippen LogP contribution is -2.45. The smallest absolute Gasteiger partial charge is 0.257 e. The summed E-state index contributed by atoms with van der Waals surface area (Å²) in [5.74, 6) is 1.37. The molecule has 0 bridgehead atoms. The van der Waals surface area contributed by atoms with E-state index in [9.17, 15) is 4.79 Å². The summed E-state index contributed by atoms with van der Waals surface area (Å²) in [6.45, 7) is 9.67. The van der Waals surface area contributed by atoms with Gasteiger partial charge in [0.1, 0.15) is 6.26 Å². The van der Waals surface area contributed by atoms with E-state index in [1.54, 1.807) is 6.07 Å². The van der Waals surface area contributed by atoms with E-state index in [4.69, 9.17) is 8.94 Å². The standard InChI is InChI=1S/C18H26N4O3/c1-12(15-20-17(21-25-15)18(2,3)4)19-14-5-8-22(9-6-14)16(23)13-7-10-24-11-13/h7,10-12,14,19H,5-6,8-9H2,1-4H3. The third-order valence-corrected chi connectivity index (χ3v) is 4.52. The van der Waals surface area contributed by atoms with Crippen LogP contribution < -0.4 is 5.32 Å². The van der Waals surface area contributed by atoms with Crippen molar-refractivity contribution in [2.75, 3.05) is 13.1 Å². The van der Waals surface area contributed by atoms with Crippen LogP contribution in [0.15, 0.2) is 27.5 Å². The molecule has 2 aromatic heterocycles. The fourth-order valence-electron chi connectivity index (χ4n) is 2.96. The fourth-order valence-corrected chi connectivity index (χ4v) is 2.96. The maximum Gasteiger partial charge on any atom is 0.257 e. The highest BCUT2D eigenvalue weighted by Gasteiger charge is 2.27. The molecule has 3 rings (SSSR count). The molecule has 2 aromatic rings. The summed E-state index contributed by atoms with van der Waals surface area (Å²) >= 11 is 0. The Hall–Kier alpha value is -2.15. The molecule has 1 unspecified atom stereocenters. The molecule has 0 saturated carbocycles. The second-order valence-electron chi connectivity index (χ2n) is 7.67. The van der Waals surface area contributed by atoms with Crippen LogP contribution in [0.25, 0.3) is 0 Å². The number of hydrogen-bond acceptors (Lipinski definition) is 6. The first-order valence-electron chi connectivity index (χ1n) is 8.76. The van der Waals surface area contributed by atoms with E-state index in [1.807, 2.05) is 11.8 Å². The van der Waals surface area contributed by atoms with Crippen molar-refractivity contribution < 1.29 is 13.7 Å². The molecule has 1 fully saturated rings. The van der Waals surface area contributed by atoms with Gasteiger partial charge in [-0.2, -0.15) is 4.98 Å². The van der Waals surface area contributed by atoms with E-state index in [0.717, 1.165) is 31.8 Å². The van der Waals surface area contributed by atoms with Crippen molar-refractivity contribution in [2.45, 2.75) is 58.0 Å². The molecule has 1 amide bonds. The lowest BCUT2D eigenvalue weighted by Gasteiger charge is -2.33. The summed E-state index contributed by atoms with van der Waals surface area (Å²) in [5.41, 5.74) is 0.487. The molecule has 7 heteroatoms. The van der Waals surface area contributed by atoms with Crippen molar-refractivity contribution in [3.63, 3.8) is 0 Å². The Labute approximate surface area is 147 Å². The van der Waals surface area contributed by atoms with Gasteiger partial charge in [-0.1, -0.05) is 25.9 Å². The van der Waals surface area contributed by atoms with E-state index < -0.39 is 0 Å². The second kappa shape index (κ2) is 7.00. The maximum atomic E-state index is 12.3. The van der Waals surface area contributed by atoms with Gasteiger partial charge in [-0.25, -0.2) is 0 Å². The van der Waals surface area contributed by atoms with Crippen LogP contribution in [0.1, 0.15) is 68.7 Å². The molecule has 1 atom stereocenters. The normalized spacial score (nSPS) is 17.7. The zero-order valence-corrected chi connectivity index (χ0v) is 15.3. The van der Waals surface area contributed by atoms with E-state index in [1.165, 1.54) is 12.5 Å². The molecule has 0 aliphatic carbocycles. The first-order chi connectivity index (χ1) is 11.8. The molecule has 1 aliphatic heterocycles. The van der Waals surface area contributed by atoms with E-state index in [0.29, 0.717) is 17.5 Å². The first-order valence-corrected chi connectivity index (χ1v) is 8.76. The van der Waals surface area contributed by atoms with Crippen LogP contribution in [0.4, 0.5) is 0 Å². The molecule has 0 radical (unpaired) electrons. The Bertz CT molecular complexity index is 694. The van der Waals surface area contributed by atoms with Crippen molar-refractivity contribution >= 4 is 5.91 Å². The molecule has 1 N–H and O–H groups in total. The summed E-state index contributed by atoms with van der Waals surface area (Å²) in [4.78, 5) is 18.7. The highest BCUT2D eigenvalue weighted by Crippen LogP contribution is 2.22. The van der Waals surface area contributed by atoms with Crippen molar-refractivity contribution in [1.29, 1.82) is 0 Å². The summed E-state index contributed by atoms with van der Waals surface area (Å²) in [5, 5.41) is 7.62. The number of hydrogen-bond donors (Lipinski definition) is 1. The number of nitrogens with zero attached hydrogens (tertiary/aromatic N) is 3. The van der Waals surface area contributed by atoms with Gasteiger partial charge >= 0.3 is 0 Å². The molecule has 25 heavy (non-hydrogen) atoms. The van der Waals surface area contributed by atoms with Crippen molar-refractivity contribution in [3.8, 4) is 0 Å². The van der Waals surface area contributed by atoms with Gasteiger partial charge < -0.3 is 19.2 Å². The Kier molecular flexibility index (Phi) is 4.94. The van der Waals surface area contributed by atoms with Crippen LogP contribution in [0, 0.1) is 0 Å². The third-order valence-electron chi connectivity index (χ3n) is 4.52. The van der Waals surface area contributed by atoms with Crippen LogP contribution in [0.3, 0.4) is 0 Å². The molecule has 136 valence electrons. The Morgan fingerprint density at radius 3 is 2.64 bits per heavy atom. The number of amides is 1. The number of piperidine rings is 1. The minimum Gasteiger partial charge on any atom is -0.472 e. The number of nitrogens with one attached hydrogen (secondary N) is 1. The van der Waals surface area contributed by atoms with Gasteiger partial charge in [0, 0.05) is 24.5 Å². The summed E-state index contributed by atoms with van der Waals surface area (Å²) in [7, 11) is 0. The SMILES string of the molecule is CC(NC1CCN(C(=O)c2ccoc2)CC1)c1nc(C(C)(C)C)no1. The van der Waals surface area contributed by atoms with E-state index >= 15 is 0 Å². The van der Waals surface area contributed by atoms with Gasteiger partial charge in [-0.05, 0) is 25.8 Å². The Morgan fingerprint density at radius 1 is 1.36 bits per heavy atom. The quantitative estimate of drug-likeness (QED) is 0.916. The lowest BCUT2D eigenvalue weighted by molar-refractivity contribution is 0.0700. The largest absolute Gasteiger partial charge is 0.472 e. The number of carbonyl (C=O) groups excluding carboxylic acids is 1. The van der Waals surface area contributed by atoms with Crippen LogP contribution in [0.5, 0.6) is 0 Å². The third kappa shape index (κ3) is 4.10. The van der Waals surface area contributed by atoms with Gasteiger partial charge in [0.15, 0.2) is 5.82 Å². The number of aromatic nitrogens is 2. The van der Waals surface area contributed by atoms with Gasteiger partial charge in [-0.15, -0.1) is 0 Å². The van der Waals surface area contributed by atoms with Crippen molar-refractivity contribution in [3.05, 3.63) is 35.9 Å². The summed E-state index contributed by atoms with van der Waals surface area (Å²) < 4.78 is 10.4. The van der Waals surface area contributed by atoms with Crippen molar-refractivity contribution in [1.82, 2.24) is 20.4 Å². The van der Waals surface area contributed by atoms with Crippen LogP contribution in [-0.4, -0.2) is 40.1 Å². The molecule has 3 heterocycles. The molecule has 0 spiro atoms. The van der Waals surface area contributed by atoms with Crippen LogP contribution >= 0.6 is 0 Å². The van der Waals surface area contributed by atoms with Gasteiger partial charge in [-0.3, -0.25) is 4.79 Å². The average Bonchev–Trinajstić information content (AvgIpc) is 3.26. The predicted molar refractivity (Wildman–Crippen MR) is 92.2 cm³/mol. The minimum atomic E-state index is -0.125. The Morgan fingerprint density at radius 2 is 2.08 bits per heavy atom. The number of rotatable bonds is 4. The monoisotopic (exact) mass is 346 g/mol. The second-order valence-corrected chi connectivity index (χ2v) is 7.67. The van der Waals surface area contributed by atoms with E-state index in [-0.39, 0.29) is 17.4 Å². The number of furan rings is 1. The molecule has 1 aliphatic rings. The zero-order valence-electron chi connectivity index (χ0n) is 15.3. The van der Waals surface area contributed by atoms with Crippen molar-refractivity contribution in [2.24, 2.45) is 0 Å². The minimum absolute atomic E-state index is 0.00951.